The molecule has 0 saturated carbocycles. The number of pyridine rings is 1. The van der Waals surface area contributed by atoms with Crippen molar-refractivity contribution in [2.75, 3.05) is 6.54 Å². The summed E-state index contributed by atoms with van der Waals surface area (Å²) in [5, 5.41) is 3.42. The Morgan fingerprint density at radius 3 is 2.50 bits per heavy atom. The van der Waals surface area contributed by atoms with Gasteiger partial charge in [0.05, 0.1) is 0 Å². The number of nitrogens with one attached hydrogen (secondary N) is 1. The van der Waals surface area contributed by atoms with Crippen LogP contribution in [0.5, 0.6) is 0 Å². The molecule has 1 atom stereocenters. The molecule has 0 saturated heterocycles. The molecule has 1 N–H and O–H groups in total. The summed E-state index contributed by atoms with van der Waals surface area (Å²) < 4.78 is 0. The third-order valence-corrected chi connectivity index (χ3v) is 3.27. The Hall–Kier alpha value is -1.67. The van der Waals surface area contributed by atoms with Gasteiger partial charge in [-0.2, -0.15) is 0 Å². The molecule has 1 heterocycles. The minimum absolute atomic E-state index is 0.402. The van der Waals surface area contributed by atoms with Crippen LogP contribution in [0.2, 0.25) is 0 Å². The Kier molecular flexibility index (Phi) is 4.11. The monoisotopic (exact) mass is 240 g/mol. The zero-order valence-corrected chi connectivity index (χ0v) is 11.3. The van der Waals surface area contributed by atoms with Gasteiger partial charge in [0.1, 0.15) is 0 Å². The lowest BCUT2D eigenvalue weighted by atomic mass is 10.00. The van der Waals surface area contributed by atoms with E-state index in [-0.39, 0.29) is 0 Å². The summed E-state index contributed by atoms with van der Waals surface area (Å²) in [5.74, 6) is 0. The first kappa shape index (κ1) is 12.8. The smallest absolute Gasteiger partial charge is 0.0349 e. The van der Waals surface area contributed by atoms with Crippen LogP contribution >= 0.6 is 0 Å². The second-order valence-electron chi connectivity index (χ2n) is 4.59. The Labute approximate surface area is 109 Å². The lowest BCUT2D eigenvalue weighted by Crippen LogP contribution is -2.17. The predicted molar refractivity (Wildman–Crippen MR) is 76.5 cm³/mol. The number of aryl methyl sites for hydroxylation is 1. The van der Waals surface area contributed by atoms with Gasteiger partial charge in [0.25, 0.3) is 0 Å². The fraction of sp³-hybridized carbons (Fsp3) is 0.312. The highest BCUT2D eigenvalue weighted by atomic mass is 14.9. The molecular formula is C16H20N2. The lowest BCUT2D eigenvalue weighted by molar-refractivity contribution is 0.598. The summed E-state index contributed by atoms with van der Waals surface area (Å²) >= 11 is 0. The van der Waals surface area contributed by atoms with E-state index >= 15 is 0 Å². The van der Waals surface area contributed by atoms with Crippen molar-refractivity contribution in [1.82, 2.24) is 10.3 Å². The second-order valence-corrected chi connectivity index (χ2v) is 4.59. The van der Waals surface area contributed by atoms with E-state index in [0.717, 1.165) is 6.54 Å². The number of aromatic nitrogens is 1. The molecule has 0 aliphatic carbocycles. The molecule has 2 heteroatoms. The normalized spacial score (nSPS) is 12.4. The summed E-state index contributed by atoms with van der Waals surface area (Å²) in [4.78, 5) is 4.20. The van der Waals surface area contributed by atoms with Crippen LogP contribution in [-0.4, -0.2) is 11.5 Å². The van der Waals surface area contributed by atoms with Crippen LogP contribution in [0.4, 0.5) is 0 Å². The average molecular weight is 240 g/mol. The fourth-order valence-corrected chi connectivity index (χ4v) is 2.14. The quantitative estimate of drug-likeness (QED) is 0.881. The van der Waals surface area contributed by atoms with E-state index in [4.69, 9.17) is 0 Å². The van der Waals surface area contributed by atoms with Gasteiger partial charge in [-0.3, -0.25) is 4.98 Å². The Morgan fingerprint density at radius 2 is 1.89 bits per heavy atom. The zero-order chi connectivity index (χ0) is 13.0. The van der Waals surface area contributed by atoms with Gasteiger partial charge in [0.2, 0.25) is 0 Å². The number of hydrogen-bond acceptors (Lipinski definition) is 2. The standard InChI is InChI=1S/C16H20N2/c1-4-18-13(3)14-5-7-15(8-6-14)16-11-17-10-9-12(16)2/h5-11,13,18H,4H2,1-3H3. The van der Waals surface area contributed by atoms with Crippen molar-refractivity contribution in [3.63, 3.8) is 0 Å². The molecule has 1 aromatic carbocycles. The Bertz CT molecular complexity index is 503. The van der Waals surface area contributed by atoms with Gasteiger partial charge >= 0.3 is 0 Å². The van der Waals surface area contributed by atoms with Crippen molar-refractivity contribution >= 4 is 0 Å². The van der Waals surface area contributed by atoms with Crippen LogP contribution in [0.3, 0.4) is 0 Å². The molecule has 0 amide bonds. The summed E-state index contributed by atoms with van der Waals surface area (Å²) in [5.41, 5.74) is 5.02. The third-order valence-electron chi connectivity index (χ3n) is 3.27. The van der Waals surface area contributed by atoms with Gasteiger partial charge in [-0.1, -0.05) is 31.2 Å². The van der Waals surface area contributed by atoms with E-state index in [1.165, 1.54) is 22.3 Å². The van der Waals surface area contributed by atoms with Crippen molar-refractivity contribution in [1.29, 1.82) is 0 Å². The van der Waals surface area contributed by atoms with Gasteiger partial charge in [-0.25, -0.2) is 0 Å². The molecule has 2 nitrogen and oxygen atoms in total. The van der Waals surface area contributed by atoms with Crippen LogP contribution in [0, 0.1) is 6.92 Å². The number of hydrogen-bond donors (Lipinski definition) is 1. The fourth-order valence-electron chi connectivity index (χ4n) is 2.14. The van der Waals surface area contributed by atoms with Crippen LogP contribution < -0.4 is 5.32 Å². The molecule has 0 radical (unpaired) electrons. The summed E-state index contributed by atoms with van der Waals surface area (Å²) in [6.45, 7) is 7.43. The van der Waals surface area contributed by atoms with Gasteiger partial charge in [0, 0.05) is 24.0 Å². The first-order valence-corrected chi connectivity index (χ1v) is 6.46. The van der Waals surface area contributed by atoms with E-state index in [0.29, 0.717) is 6.04 Å². The average Bonchev–Trinajstić information content (AvgIpc) is 2.40. The third kappa shape index (κ3) is 2.77. The van der Waals surface area contributed by atoms with Crippen molar-refractivity contribution in [2.24, 2.45) is 0 Å². The van der Waals surface area contributed by atoms with E-state index in [9.17, 15) is 0 Å². The highest BCUT2D eigenvalue weighted by Crippen LogP contribution is 2.23. The lowest BCUT2D eigenvalue weighted by Gasteiger charge is -2.13. The number of benzene rings is 1. The molecule has 0 fully saturated rings. The zero-order valence-electron chi connectivity index (χ0n) is 11.3. The van der Waals surface area contributed by atoms with Gasteiger partial charge in [-0.15, -0.1) is 0 Å². The van der Waals surface area contributed by atoms with E-state index < -0.39 is 0 Å². The summed E-state index contributed by atoms with van der Waals surface area (Å²) in [7, 11) is 0. The van der Waals surface area contributed by atoms with E-state index in [2.05, 4.69) is 55.3 Å². The first-order valence-electron chi connectivity index (χ1n) is 6.46. The SMILES string of the molecule is CCNC(C)c1ccc(-c2cnccc2C)cc1. The maximum atomic E-state index is 4.20. The molecule has 94 valence electrons. The van der Waals surface area contributed by atoms with Crippen molar-refractivity contribution in [3.8, 4) is 11.1 Å². The minimum atomic E-state index is 0.402. The summed E-state index contributed by atoms with van der Waals surface area (Å²) in [6.07, 6.45) is 3.76. The van der Waals surface area contributed by atoms with Crippen LogP contribution in [0.1, 0.15) is 31.0 Å². The molecule has 1 unspecified atom stereocenters. The molecule has 0 spiro atoms. The first-order chi connectivity index (χ1) is 8.72. The second kappa shape index (κ2) is 5.78. The Balaban J connectivity index is 2.25. The highest BCUT2D eigenvalue weighted by molar-refractivity contribution is 5.66. The largest absolute Gasteiger partial charge is 0.310 e. The number of nitrogens with zero attached hydrogens (tertiary/aromatic N) is 1. The topological polar surface area (TPSA) is 24.9 Å². The minimum Gasteiger partial charge on any atom is -0.310 e. The van der Waals surface area contributed by atoms with Gasteiger partial charge in [0.15, 0.2) is 0 Å². The van der Waals surface area contributed by atoms with Crippen molar-refractivity contribution in [2.45, 2.75) is 26.8 Å². The van der Waals surface area contributed by atoms with Gasteiger partial charge < -0.3 is 5.32 Å². The molecular weight excluding hydrogens is 220 g/mol. The maximum absolute atomic E-state index is 4.20. The highest BCUT2D eigenvalue weighted by Gasteiger charge is 2.05. The van der Waals surface area contributed by atoms with E-state index in [1.54, 1.807) is 0 Å². The van der Waals surface area contributed by atoms with Crippen LogP contribution in [0.15, 0.2) is 42.7 Å². The summed E-state index contributed by atoms with van der Waals surface area (Å²) in [6, 6.07) is 11.2. The van der Waals surface area contributed by atoms with Crippen LogP contribution in [-0.2, 0) is 0 Å². The molecule has 0 bridgehead atoms. The molecule has 0 aliphatic heterocycles. The predicted octanol–water partition coefficient (Wildman–Crippen LogP) is 3.73. The Morgan fingerprint density at radius 1 is 1.17 bits per heavy atom. The molecule has 18 heavy (non-hydrogen) atoms. The molecule has 2 rings (SSSR count). The van der Waals surface area contributed by atoms with Crippen molar-refractivity contribution in [3.05, 3.63) is 53.9 Å². The number of rotatable bonds is 4. The molecule has 2 aromatic rings. The molecule has 1 aromatic heterocycles. The van der Waals surface area contributed by atoms with Crippen LogP contribution in [0.25, 0.3) is 11.1 Å². The van der Waals surface area contributed by atoms with E-state index in [1.807, 2.05) is 18.5 Å². The molecule has 0 aliphatic rings. The van der Waals surface area contributed by atoms with Gasteiger partial charge in [-0.05, 0) is 43.1 Å². The van der Waals surface area contributed by atoms with Crippen molar-refractivity contribution < 1.29 is 0 Å². The maximum Gasteiger partial charge on any atom is 0.0349 e.